The average Bonchev–Trinajstić information content (AvgIpc) is 2.32. The molecule has 0 unspecified atom stereocenters. The van der Waals surface area contributed by atoms with Gasteiger partial charge < -0.3 is 10.5 Å². The Kier molecular flexibility index (Phi) is 6.24. The zero-order chi connectivity index (χ0) is 13.9. The van der Waals surface area contributed by atoms with Gasteiger partial charge in [-0.25, -0.2) is 13.6 Å². The van der Waals surface area contributed by atoms with Crippen LogP contribution >= 0.6 is 12.4 Å². The van der Waals surface area contributed by atoms with E-state index in [1.165, 1.54) is 6.92 Å². The molecule has 2 N–H and O–H groups in total. The number of hydrogen-bond donors (Lipinski definition) is 1. The standard InChI is InChI=1S/C11H11F4NO2.ClH/c1-2-18-10(17)11(14,15)9(16)6-3-4-7(12)8(13)5-6;/h3-5,9H,2,16H2,1H3;1H/t9-;/m0./s1. The van der Waals surface area contributed by atoms with Gasteiger partial charge in [-0.05, 0) is 24.6 Å². The molecule has 0 spiro atoms. The number of alkyl halides is 2. The molecule has 19 heavy (non-hydrogen) atoms. The average molecular weight is 302 g/mol. The molecule has 0 saturated heterocycles. The van der Waals surface area contributed by atoms with Gasteiger partial charge in [-0.15, -0.1) is 12.4 Å². The van der Waals surface area contributed by atoms with Gasteiger partial charge in [-0.1, -0.05) is 6.07 Å². The van der Waals surface area contributed by atoms with Crippen LogP contribution in [0.5, 0.6) is 0 Å². The third kappa shape index (κ3) is 3.81. The highest BCUT2D eigenvalue weighted by molar-refractivity contribution is 5.85. The molecule has 108 valence electrons. The summed E-state index contributed by atoms with van der Waals surface area (Å²) in [6.45, 7) is 1.12. The Morgan fingerprint density at radius 2 is 1.95 bits per heavy atom. The molecule has 0 saturated carbocycles. The number of halogens is 5. The highest BCUT2D eigenvalue weighted by Crippen LogP contribution is 2.31. The zero-order valence-corrected chi connectivity index (χ0v) is 10.6. The van der Waals surface area contributed by atoms with Crippen molar-refractivity contribution in [3.05, 3.63) is 35.4 Å². The Bertz CT molecular complexity index is 456. The number of nitrogens with two attached hydrogens (primary N) is 1. The third-order valence-corrected chi connectivity index (χ3v) is 2.24. The minimum absolute atomic E-state index is 0. The van der Waals surface area contributed by atoms with Crippen LogP contribution in [0.25, 0.3) is 0 Å². The molecule has 0 aromatic heterocycles. The van der Waals surface area contributed by atoms with Gasteiger partial charge in [-0.2, -0.15) is 8.78 Å². The number of hydrogen-bond acceptors (Lipinski definition) is 3. The van der Waals surface area contributed by atoms with Crippen molar-refractivity contribution < 1.29 is 27.1 Å². The molecule has 0 aliphatic carbocycles. The summed E-state index contributed by atoms with van der Waals surface area (Å²) in [6, 6.07) is -0.0404. The summed E-state index contributed by atoms with van der Waals surface area (Å²) in [4.78, 5) is 11.0. The van der Waals surface area contributed by atoms with E-state index in [-0.39, 0.29) is 19.0 Å². The van der Waals surface area contributed by atoms with Gasteiger partial charge in [0.2, 0.25) is 0 Å². The Hall–Kier alpha value is -1.34. The number of benzene rings is 1. The van der Waals surface area contributed by atoms with Gasteiger partial charge in [0.1, 0.15) is 6.04 Å². The lowest BCUT2D eigenvalue weighted by Crippen LogP contribution is -2.41. The van der Waals surface area contributed by atoms with Crippen LogP contribution in [0.1, 0.15) is 18.5 Å². The number of carbonyl (C=O) groups is 1. The predicted molar refractivity (Wildman–Crippen MR) is 62.1 cm³/mol. The van der Waals surface area contributed by atoms with E-state index in [0.717, 1.165) is 6.07 Å². The largest absolute Gasteiger partial charge is 0.462 e. The van der Waals surface area contributed by atoms with Crippen molar-refractivity contribution in [3.63, 3.8) is 0 Å². The minimum Gasteiger partial charge on any atom is -0.462 e. The predicted octanol–water partition coefficient (Wildman–Crippen LogP) is 2.58. The molecular weight excluding hydrogens is 290 g/mol. The molecule has 1 aromatic rings. The van der Waals surface area contributed by atoms with E-state index in [0.29, 0.717) is 12.1 Å². The smallest absolute Gasteiger partial charge is 0.379 e. The second-order valence-electron chi connectivity index (χ2n) is 3.49. The first-order chi connectivity index (χ1) is 8.30. The van der Waals surface area contributed by atoms with Crippen molar-refractivity contribution in [2.45, 2.75) is 18.9 Å². The second kappa shape index (κ2) is 6.72. The topological polar surface area (TPSA) is 52.3 Å². The first-order valence-corrected chi connectivity index (χ1v) is 5.06. The van der Waals surface area contributed by atoms with Crippen molar-refractivity contribution >= 4 is 18.4 Å². The summed E-state index contributed by atoms with van der Waals surface area (Å²) in [5.74, 6) is -8.32. The van der Waals surface area contributed by atoms with Gasteiger partial charge in [0.25, 0.3) is 0 Å². The molecule has 8 heteroatoms. The van der Waals surface area contributed by atoms with E-state index in [9.17, 15) is 22.4 Å². The van der Waals surface area contributed by atoms with Crippen LogP contribution in [0.2, 0.25) is 0 Å². The lowest BCUT2D eigenvalue weighted by Gasteiger charge is -2.21. The molecule has 0 heterocycles. The molecule has 0 bridgehead atoms. The van der Waals surface area contributed by atoms with Gasteiger partial charge in [0.15, 0.2) is 11.6 Å². The highest BCUT2D eigenvalue weighted by atomic mass is 35.5. The normalized spacial score (nSPS) is 12.5. The van der Waals surface area contributed by atoms with E-state index in [4.69, 9.17) is 5.73 Å². The number of rotatable bonds is 4. The molecule has 0 amide bonds. The first kappa shape index (κ1) is 17.7. The van der Waals surface area contributed by atoms with Gasteiger partial charge in [0.05, 0.1) is 6.61 Å². The second-order valence-corrected chi connectivity index (χ2v) is 3.49. The van der Waals surface area contributed by atoms with Crippen LogP contribution in [0, 0.1) is 11.6 Å². The quantitative estimate of drug-likeness (QED) is 0.687. The Labute approximate surface area is 113 Å². The van der Waals surface area contributed by atoms with Gasteiger partial charge in [-0.3, -0.25) is 0 Å². The lowest BCUT2D eigenvalue weighted by atomic mass is 10.0. The van der Waals surface area contributed by atoms with E-state index in [2.05, 4.69) is 4.74 Å². The Morgan fingerprint density at radius 1 is 1.37 bits per heavy atom. The van der Waals surface area contributed by atoms with Gasteiger partial charge >= 0.3 is 11.9 Å². The molecule has 1 atom stereocenters. The van der Waals surface area contributed by atoms with Crippen molar-refractivity contribution in [3.8, 4) is 0 Å². The maximum absolute atomic E-state index is 13.5. The van der Waals surface area contributed by atoms with E-state index in [1.54, 1.807) is 0 Å². The fraction of sp³-hybridized carbons (Fsp3) is 0.364. The molecule has 0 aliphatic rings. The van der Waals surface area contributed by atoms with Crippen LogP contribution in [-0.2, 0) is 9.53 Å². The molecule has 3 nitrogen and oxygen atoms in total. The van der Waals surface area contributed by atoms with Crippen LogP contribution in [0.3, 0.4) is 0 Å². The minimum atomic E-state index is -4.01. The lowest BCUT2D eigenvalue weighted by molar-refractivity contribution is -0.174. The Balaban J connectivity index is 0.00000324. The SMILES string of the molecule is CCOC(=O)C(F)(F)[C@@H](N)c1ccc(F)c(F)c1.Cl. The number of carbonyl (C=O) groups excluding carboxylic acids is 1. The summed E-state index contributed by atoms with van der Waals surface area (Å²) in [5, 5.41) is 0. The molecular formula is C11H12ClF4NO2. The summed E-state index contributed by atoms with van der Waals surface area (Å²) in [6.07, 6.45) is 0. The van der Waals surface area contributed by atoms with Crippen molar-refractivity contribution in [2.24, 2.45) is 5.73 Å². The molecule has 0 radical (unpaired) electrons. The highest BCUT2D eigenvalue weighted by Gasteiger charge is 2.47. The maximum atomic E-state index is 13.5. The molecule has 1 aromatic carbocycles. The van der Waals surface area contributed by atoms with Crippen LogP contribution in [0.15, 0.2) is 18.2 Å². The van der Waals surface area contributed by atoms with Crippen molar-refractivity contribution in [2.75, 3.05) is 6.61 Å². The number of esters is 1. The Morgan fingerprint density at radius 3 is 2.42 bits per heavy atom. The fourth-order valence-electron chi connectivity index (χ4n) is 1.27. The van der Waals surface area contributed by atoms with E-state index >= 15 is 0 Å². The monoisotopic (exact) mass is 301 g/mol. The van der Waals surface area contributed by atoms with Crippen LogP contribution in [0.4, 0.5) is 17.6 Å². The molecule has 0 aliphatic heterocycles. The summed E-state index contributed by atoms with van der Waals surface area (Å²) in [7, 11) is 0. The first-order valence-electron chi connectivity index (χ1n) is 5.06. The van der Waals surface area contributed by atoms with E-state index in [1.807, 2.05) is 0 Å². The molecule has 1 rings (SSSR count). The maximum Gasteiger partial charge on any atom is 0.379 e. The van der Waals surface area contributed by atoms with Gasteiger partial charge in [0, 0.05) is 0 Å². The molecule has 0 fully saturated rings. The van der Waals surface area contributed by atoms with Crippen LogP contribution in [-0.4, -0.2) is 18.5 Å². The third-order valence-electron chi connectivity index (χ3n) is 2.24. The van der Waals surface area contributed by atoms with E-state index < -0.39 is 35.1 Å². The van der Waals surface area contributed by atoms with Crippen molar-refractivity contribution in [1.82, 2.24) is 0 Å². The van der Waals surface area contributed by atoms with Crippen LogP contribution < -0.4 is 5.73 Å². The number of ether oxygens (including phenoxy) is 1. The van der Waals surface area contributed by atoms with Crippen molar-refractivity contribution in [1.29, 1.82) is 0 Å². The summed E-state index contributed by atoms with van der Waals surface area (Å²) < 4.78 is 56.7. The summed E-state index contributed by atoms with van der Waals surface area (Å²) >= 11 is 0. The fourth-order valence-corrected chi connectivity index (χ4v) is 1.27. The zero-order valence-electron chi connectivity index (χ0n) is 9.83. The summed E-state index contributed by atoms with van der Waals surface area (Å²) in [5.41, 5.74) is 4.79.